The van der Waals surface area contributed by atoms with Gasteiger partial charge in [-0.1, -0.05) is 35.0 Å². The number of benzene rings is 1. The van der Waals surface area contributed by atoms with E-state index in [-0.39, 0.29) is 5.41 Å². The summed E-state index contributed by atoms with van der Waals surface area (Å²) in [6.45, 7) is 5.59. The summed E-state index contributed by atoms with van der Waals surface area (Å²) in [5.74, 6) is 0. The fourth-order valence-electron chi connectivity index (χ4n) is 2.58. The topological polar surface area (TPSA) is 23.5 Å². The van der Waals surface area contributed by atoms with E-state index in [1.165, 1.54) is 12.0 Å². The highest BCUT2D eigenvalue weighted by molar-refractivity contribution is 9.10. The number of likely N-dealkylation sites (tertiary alicyclic amines) is 1. The molecule has 1 unspecified atom stereocenters. The Hall–Kier alpha value is -0.380. The van der Waals surface area contributed by atoms with Gasteiger partial charge in [0.2, 0.25) is 0 Å². The smallest absolute Gasteiger partial charge is 0.0497 e. The molecule has 1 atom stereocenters. The number of halogens is 1. The standard InChI is InChI=1S/C14H20BrNO/c1-14(11-17)6-3-7-16(10-14)9-12-4-2-5-13(15)8-12/h2,4-5,8,17H,3,6-7,9-11H2,1H3. The largest absolute Gasteiger partial charge is 0.396 e. The quantitative estimate of drug-likeness (QED) is 0.927. The average Bonchev–Trinajstić information content (AvgIpc) is 2.29. The second-order valence-corrected chi connectivity index (χ2v) is 6.33. The van der Waals surface area contributed by atoms with E-state index in [2.05, 4.69) is 52.0 Å². The van der Waals surface area contributed by atoms with Gasteiger partial charge in [-0.25, -0.2) is 0 Å². The fourth-order valence-corrected chi connectivity index (χ4v) is 3.03. The van der Waals surface area contributed by atoms with Gasteiger partial charge in [0.15, 0.2) is 0 Å². The van der Waals surface area contributed by atoms with E-state index >= 15 is 0 Å². The summed E-state index contributed by atoms with van der Waals surface area (Å²) in [6, 6.07) is 8.46. The number of hydrogen-bond donors (Lipinski definition) is 1. The van der Waals surface area contributed by atoms with Gasteiger partial charge in [0.1, 0.15) is 0 Å². The fraction of sp³-hybridized carbons (Fsp3) is 0.571. The molecule has 94 valence electrons. The second kappa shape index (κ2) is 5.51. The maximum absolute atomic E-state index is 9.44. The van der Waals surface area contributed by atoms with E-state index < -0.39 is 0 Å². The summed E-state index contributed by atoms with van der Waals surface area (Å²) >= 11 is 3.50. The van der Waals surface area contributed by atoms with Crippen molar-refractivity contribution in [3.63, 3.8) is 0 Å². The first kappa shape index (κ1) is 13.1. The van der Waals surface area contributed by atoms with Crippen molar-refractivity contribution >= 4 is 15.9 Å². The molecule has 0 aromatic heterocycles. The van der Waals surface area contributed by atoms with Crippen LogP contribution in [-0.2, 0) is 6.54 Å². The Balaban J connectivity index is 1.99. The third-order valence-corrected chi connectivity index (χ3v) is 4.03. The molecule has 0 bridgehead atoms. The van der Waals surface area contributed by atoms with Gasteiger partial charge in [0.25, 0.3) is 0 Å². The van der Waals surface area contributed by atoms with Crippen LogP contribution in [0.15, 0.2) is 28.7 Å². The minimum Gasteiger partial charge on any atom is -0.396 e. The van der Waals surface area contributed by atoms with Crippen molar-refractivity contribution in [2.24, 2.45) is 5.41 Å². The summed E-state index contributed by atoms with van der Waals surface area (Å²) in [6.07, 6.45) is 2.32. The lowest BCUT2D eigenvalue weighted by molar-refractivity contribution is 0.0429. The molecule has 1 heterocycles. The molecular weight excluding hydrogens is 278 g/mol. The van der Waals surface area contributed by atoms with Crippen molar-refractivity contribution in [1.29, 1.82) is 0 Å². The molecule has 1 saturated heterocycles. The zero-order chi connectivity index (χ0) is 12.3. The molecule has 1 N–H and O–H groups in total. The van der Waals surface area contributed by atoms with E-state index in [1.807, 2.05) is 0 Å². The Morgan fingerprint density at radius 2 is 2.29 bits per heavy atom. The van der Waals surface area contributed by atoms with Crippen LogP contribution in [0.1, 0.15) is 25.3 Å². The molecule has 0 aliphatic carbocycles. The number of hydrogen-bond acceptors (Lipinski definition) is 2. The highest BCUT2D eigenvalue weighted by Gasteiger charge is 2.30. The minimum absolute atomic E-state index is 0.0876. The van der Waals surface area contributed by atoms with E-state index in [0.717, 1.165) is 30.5 Å². The Bertz CT molecular complexity index is 382. The third kappa shape index (κ3) is 3.54. The molecule has 1 aromatic rings. The summed E-state index contributed by atoms with van der Waals surface area (Å²) in [5.41, 5.74) is 1.42. The van der Waals surface area contributed by atoms with E-state index in [4.69, 9.17) is 0 Å². The van der Waals surface area contributed by atoms with Crippen LogP contribution in [0, 0.1) is 5.41 Å². The van der Waals surface area contributed by atoms with Gasteiger partial charge in [0.05, 0.1) is 0 Å². The molecule has 0 amide bonds. The predicted octanol–water partition coefficient (Wildman–Crippen LogP) is 3.04. The third-order valence-electron chi connectivity index (χ3n) is 3.54. The van der Waals surface area contributed by atoms with Crippen molar-refractivity contribution in [3.05, 3.63) is 34.3 Å². The molecule has 0 spiro atoms. The van der Waals surface area contributed by atoms with Crippen LogP contribution in [0.25, 0.3) is 0 Å². The maximum Gasteiger partial charge on any atom is 0.0497 e. The van der Waals surface area contributed by atoms with Crippen molar-refractivity contribution in [1.82, 2.24) is 4.90 Å². The van der Waals surface area contributed by atoms with Crippen LogP contribution in [-0.4, -0.2) is 29.7 Å². The highest BCUT2D eigenvalue weighted by atomic mass is 79.9. The normalized spacial score (nSPS) is 26.1. The van der Waals surface area contributed by atoms with Crippen LogP contribution in [0.3, 0.4) is 0 Å². The summed E-state index contributed by atoms with van der Waals surface area (Å²) in [4.78, 5) is 2.45. The Kier molecular flexibility index (Phi) is 4.23. The number of piperidine rings is 1. The first-order chi connectivity index (χ1) is 8.11. The molecule has 1 aromatic carbocycles. The highest BCUT2D eigenvalue weighted by Crippen LogP contribution is 2.29. The van der Waals surface area contributed by atoms with Gasteiger partial charge in [-0.2, -0.15) is 0 Å². The first-order valence-corrected chi connectivity index (χ1v) is 6.98. The predicted molar refractivity (Wildman–Crippen MR) is 73.8 cm³/mol. The molecule has 1 aliphatic heterocycles. The maximum atomic E-state index is 9.44. The van der Waals surface area contributed by atoms with Crippen molar-refractivity contribution in [2.75, 3.05) is 19.7 Å². The van der Waals surface area contributed by atoms with Crippen molar-refractivity contribution < 1.29 is 5.11 Å². The molecular formula is C14H20BrNO. The lowest BCUT2D eigenvalue weighted by Crippen LogP contribution is -2.43. The van der Waals surface area contributed by atoms with Crippen molar-refractivity contribution in [2.45, 2.75) is 26.3 Å². The van der Waals surface area contributed by atoms with E-state index in [9.17, 15) is 5.11 Å². The van der Waals surface area contributed by atoms with Crippen LogP contribution in [0.2, 0.25) is 0 Å². The first-order valence-electron chi connectivity index (χ1n) is 6.19. The number of aliphatic hydroxyl groups is 1. The zero-order valence-corrected chi connectivity index (χ0v) is 11.9. The monoisotopic (exact) mass is 297 g/mol. The minimum atomic E-state index is 0.0876. The molecule has 3 heteroatoms. The Labute approximate surface area is 112 Å². The van der Waals surface area contributed by atoms with E-state index in [0.29, 0.717) is 6.61 Å². The molecule has 1 aliphatic rings. The summed E-state index contributed by atoms with van der Waals surface area (Å²) < 4.78 is 1.14. The molecule has 2 nitrogen and oxygen atoms in total. The van der Waals surface area contributed by atoms with Crippen LogP contribution in [0.4, 0.5) is 0 Å². The zero-order valence-electron chi connectivity index (χ0n) is 10.3. The van der Waals surface area contributed by atoms with Gasteiger partial charge in [0, 0.05) is 29.6 Å². The van der Waals surface area contributed by atoms with Gasteiger partial charge < -0.3 is 5.11 Å². The lowest BCUT2D eigenvalue weighted by Gasteiger charge is -2.39. The summed E-state index contributed by atoms with van der Waals surface area (Å²) in [5, 5.41) is 9.44. The Morgan fingerprint density at radius 3 is 3.00 bits per heavy atom. The van der Waals surface area contributed by atoms with Gasteiger partial charge in [-0.05, 0) is 37.1 Å². The van der Waals surface area contributed by atoms with Gasteiger partial charge >= 0.3 is 0 Å². The number of rotatable bonds is 3. The number of aliphatic hydroxyl groups excluding tert-OH is 1. The van der Waals surface area contributed by atoms with Gasteiger partial charge in [-0.3, -0.25) is 4.90 Å². The van der Waals surface area contributed by atoms with Crippen LogP contribution >= 0.6 is 15.9 Å². The molecule has 1 fully saturated rings. The lowest BCUT2D eigenvalue weighted by atomic mass is 9.82. The van der Waals surface area contributed by atoms with E-state index in [1.54, 1.807) is 0 Å². The SMILES string of the molecule is CC1(CO)CCCN(Cc2cccc(Br)c2)C1. The van der Waals surface area contributed by atoms with Crippen LogP contribution < -0.4 is 0 Å². The molecule has 17 heavy (non-hydrogen) atoms. The van der Waals surface area contributed by atoms with Crippen LogP contribution in [0.5, 0.6) is 0 Å². The summed E-state index contributed by atoms with van der Waals surface area (Å²) in [7, 11) is 0. The Morgan fingerprint density at radius 1 is 1.47 bits per heavy atom. The van der Waals surface area contributed by atoms with Crippen molar-refractivity contribution in [3.8, 4) is 0 Å². The second-order valence-electron chi connectivity index (χ2n) is 5.41. The average molecular weight is 298 g/mol. The number of nitrogens with zero attached hydrogens (tertiary/aromatic N) is 1. The van der Waals surface area contributed by atoms with Gasteiger partial charge in [-0.15, -0.1) is 0 Å². The molecule has 0 saturated carbocycles. The molecule has 2 rings (SSSR count). The molecule has 0 radical (unpaired) electrons.